The topological polar surface area (TPSA) is 26.3 Å². The number of allylic oxidation sites excluding steroid dienone is 2. The zero-order valence-corrected chi connectivity index (χ0v) is 14.9. The molecule has 0 bridgehead atoms. The van der Waals surface area contributed by atoms with Crippen LogP contribution in [0, 0.1) is 28.6 Å². The highest BCUT2D eigenvalue weighted by molar-refractivity contribution is 5.87. The quantitative estimate of drug-likeness (QED) is 0.690. The van der Waals surface area contributed by atoms with Gasteiger partial charge in [0.25, 0.3) is 0 Å². The van der Waals surface area contributed by atoms with E-state index in [-0.39, 0.29) is 5.41 Å². The van der Waals surface area contributed by atoms with E-state index >= 15 is 0 Å². The first-order chi connectivity index (χ1) is 11.1. The molecule has 23 heavy (non-hydrogen) atoms. The zero-order chi connectivity index (χ0) is 16.1. The summed E-state index contributed by atoms with van der Waals surface area (Å²) < 4.78 is 5.82. The van der Waals surface area contributed by atoms with E-state index < -0.39 is 0 Å². The molecule has 0 amide bonds. The van der Waals surface area contributed by atoms with Crippen molar-refractivity contribution in [1.82, 2.24) is 0 Å². The van der Waals surface area contributed by atoms with Crippen LogP contribution in [0.25, 0.3) is 0 Å². The second-order valence-corrected chi connectivity index (χ2v) is 8.76. The van der Waals surface area contributed by atoms with Crippen LogP contribution < -0.4 is 0 Å². The van der Waals surface area contributed by atoms with Gasteiger partial charge in [-0.3, -0.25) is 4.79 Å². The van der Waals surface area contributed by atoms with Crippen LogP contribution in [-0.4, -0.2) is 19.0 Å². The molecule has 5 atom stereocenters. The Morgan fingerprint density at radius 3 is 2.87 bits per heavy atom. The molecule has 3 fully saturated rings. The van der Waals surface area contributed by atoms with Crippen molar-refractivity contribution in [3.63, 3.8) is 0 Å². The van der Waals surface area contributed by atoms with E-state index in [0.29, 0.717) is 23.7 Å². The Bertz CT molecular complexity index is 522. The first-order valence-corrected chi connectivity index (χ1v) is 9.92. The molecule has 4 aliphatic carbocycles. The van der Waals surface area contributed by atoms with Crippen molar-refractivity contribution in [2.24, 2.45) is 28.6 Å². The number of rotatable bonds is 3. The maximum absolute atomic E-state index is 12.8. The Labute approximate surface area is 141 Å². The second kappa shape index (κ2) is 5.72. The molecule has 0 heterocycles. The second-order valence-electron chi connectivity index (χ2n) is 8.76. The number of Topliss-reactive ketones (excluding diaryl/α,β-unsaturated/α-hetero) is 1. The third kappa shape index (κ3) is 2.20. The highest BCUT2D eigenvalue weighted by Gasteiger charge is 2.60. The maximum Gasteiger partial charge on any atom is 0.141 e. The van der Waals surface area contributed by atoms with Crippen LogP contribution in [0.1, 0.15) is 71.6 Å². The molecule has 0 N–H and O–H groups in total. The van der Waals surface area contributed by atoms with Crippen LogP contribution >= 0.6 is 0 Å². The van der Waals surface area contributed by atoms with Gasteiger partial charge in [-0.15, -0.1) is 0 Å². The van der Waals surface area contributed by atoms with Crippen LogP contribution in [0.4, 0.5) is 0 Å². The van der Waals surface area contributed by atoms with Gasteiger partial charge in [0.05, 0.1) is 12.0 Å². The molecule has 0 radical (unpaired) electrons. The lowest BCUT2D eigenvalue weighted by Crippen LogP contribution is -2.52. The van der Waals surface area contributed by atoms with E-state index in [1.165, 1.54) is 38.5 Å². The standard InChI is InChI=1S/C21H32O2/c1-3-23-14-21-13-11-17-16(18(21)9-10-19(21)22)8-7-15-6-4-5-12-20(15,17)2/h7,16-18H,3-6,8-14H2,1-2H3/t16-,17+,18+,20+,21-/m1/s1. The summed E-state index contributed by atoms with van der Waals surface area (Å²) in [6.07, 6.45) is 13.5. The van der Waals surface area contributed by atoms with E-state index in [2.05, 4.69) is 19.9 Å². The van der Waals surface area contributed by atoms with Crippen molar-refractivity contribution in [3.8, 4) is 0 Å². The molecule has 0 aromatic carbocycles. The van der Waals surface area contributed by atoms with Crippen LogP contribution in [0.5, 0.6) is 0 Å². The number of carbonyl (C=O) groups is 1. The summed E-state index contributed by atoms with van der Waals surface area (Å²) in [4.78, 5) is 12.8. The molecule has 3 saturated carbocycles. The van der Waals surface area contributed by atoms with Gasteiger partial charge in [-0.25, -0.2) is 0 Å². The van der Waals surface area contributed by atoms with Crippen molar-refractivity contribution >= 4 is 5.78 Å². The van der Waals surface area contributed by atoms with Gasteiger partial charge in [0.1, 0.15) is 5.78 Å². The summed E-state index contributed by atoms with van der Waals surface area (Å²) in [5, 5.41) is 0. The monoisotopic (exact) mass is 316 g/mol. The third-order valence-corrected chi connectivity index (χ3v) is 8.03. The molecule has 0 saturated heterocycles. The van der Waals surface area contributed by atoms with Gasteiger partial charge in [0.2, 0.25) is 0 Å². The zero-order valence-electron chi connectivity index (χ0n) is 14.9. The van der Waals surface area contributed by atoms with Gasteiger partial charge in [0.15, 0.2) is 0 Å². The van der Waals surface area contributed by atoms with Crippen molar-refractivity contribution in [2.45, 2.75) is 71.6 Å². The normalized spacial score (nSPS) is 45.9. The smallest absolute Gasteiger partial charge is 0.141 e. The predicted octanol–water partition coefficient (Wildman–Crippen LogP) is 4.93. The van der Waals surface area contributed by atoms with Crippen molar-refractivity contribution in [3.05, 3.63) is 11.6 Å². The minimum absolute atomic E-state index is 0.131. The molecule has 0 aromatic rings. The molecule has 0 spiro atoms. The highest BCUT2D eigenvalue weighted by atomic mass is 16.5. The van der Waals surface area contributed by atoms with Gasteiger partial charge < -0.3 is 4.74 Å². The van der Waals surface area contributed by atoms with Gasteiger partial charge >= 0.3 is 0 Å². The molecule has 0 aliphatic heterocycles. The fraction of sp³-hybridized carbons (Fsp3) is 0.857. The Morgan fingerprint density at radius 2 is 2.04 bits per heavy atom. The van der Waals surface area contributed by atoms with Crippen molar-refractivity contribution in [1.29, 1.82) is 0 Å². The summed E-state index contributed by atoms with van der Waals surface area (Å²) in [5.74, 6) is 2.63. The Balaban J connectivity index is 1.66. The summed E-state index contributed by atoms with van der Waals surface area (Å²) in [7, 11) is 0. The first kappa shape index (κ1) is 15.9. The minimum atomic E-state index is -0.131. The SMILES string of the molecule is CCOC[C@]12CC[C@H]3[C@@H](CC=C4CCCC[C@@]43C)[C@@H]1CCC2=O. The number of ketones is 1. The largest absolute Gasteiger partial charge is 0.381 e. The van der Waals surface area contributed by atoms with E-state index in [4.69, 9.17) is 4.74 Å². The van der Waals surface area contributed by atoms with Crippen LogP contribution in [-0.2, 0) is 9.53 Å². The summed E-state index contributed by atoms with van der Waals surface area (Å²) in [5.41, 5.74) is 2.06. The number of ether oxygens (including phenoxy) is 1. The Hall–Kier alpha value is -0.630. The first-order valence-electron chi connectivity index (χ1n) is 9.92. The molecule has 0 unspecified atom stereocenters. The molecule has 0 aromatic heterocycles. The lowest BCUT2D eigenvalue weighted by Gasteiger charge is -2.56. The minimum Gasteiger partial charge on any atom is -0.381 e. The molecular formula is C21H32O2. The molecular weight excluding hydrogens is 284 g/mol. The van der Waals surface area contributed by atoms with E-state index in [1.807, 2.05) is 0 Å². The van der Waals surface area contributed by atoms with Gasteiger partial charge in [-0.2, -0.15) is 0 Å². The average Bonchev–Trinajstić information content (AvgIpc) is 2.90. The van der Waals surface area contributed by atoms with E-state index in [1.54, 1.807) is 5.57 Å². The van der Waals surface area contributed by atoms with Crippen LogP contribution in [0.15, 0.2) is 11.6 Å². The van der Waals surface area contributed by atoms with Crippen LogP contribution in [0.2, 0.25) is 0 Å². The molecule has 128 valence electrons. The predicted molar refractivity (Wildman–Crippen MR) is 92.1 cm³/mol. The Morgan fingerprint density at radius 1 is 1.17 bits per heavy atom. The summed E-state index contributed by atoms with van der Waals surface area (Å²) >= 11 is 0. The van der Waals surface area contributed by atoms with E-state index in [0.717, 1.165) is 37.7 Å². The average molecular weight is 316 g/mol. The fourth-order valence-electron chi connectivity index (χ4n) is 6.83. The lowest BCUT2D eigenvalue weighted by atomic mass is 9.48. The van der Waals surface area contributed by atoms with Crippen molar-refractivity contribution < 1.29 is 9.53 Å². The number of fused-ring (bicyclic) bond motifs is 5. The third-order valence-electron chi connectivity index (χ3n) is 8.03. The van der Waals surface area contributed by atoms with Gasteiger partial charge in [-0.1, -0.05) is 25.0 Å². The number of hydrogen-bond acceptors (Lipinski definition) is 2. The van der Waals surface area contributed by atoms with Crippen LogP contribution in [0.3, 0.4) is 0 Å². The molecule has 4 aliphatic rings. The van der Waals surface area contributed by atoms with Gasteiger partial charge in [0, 0.05) is 13.0 Å². The molecule has 4 rings (SSSR count). The molecule has 2 nitrogen and oxygen atoms in total. The van der Waals surface area contributed by atoms with E-state index in [9.17, 15) is 4.79 Å². The molecule has 2 heteroatoms. The summed E-state index contributed by atoms with van der Waals surface area (Å²) in [6.45, 7) is 6.01. The number of carbonyl (C=O) groups excluding carboxylic acids is 1. The fourth-order valence-corrected chi connectivity index (χ4v) is 6.83. The van der Waals surface area contributed by atoms with Crippen molar-refractivity contribution in [2.75, 3.05) is 13.2 Å². The maximum atomic E-state index is 12.8. The summed E-state index contributed by atoms with van der Waals surface area (Å²) in [6, 6.07) is 0. The Kier molecular flexibility index (Phi) is 3.95. The number of hydrogen-bond donors (Lipinski definition) is 0. The van der Waals surface area contributed by atoms with Gasteiger partial charge in [-0.05, 0) is 75.0 Å². The highest BCUT2D eigenvalue weighted by Crippen LogP contribution is 2.64. The lowest BCUT2D eigenvalue weighted by molar-refractivity contribution is -0.140.